The van der Waals surface area contributed by atoms with Crippen molar-refractivity contribution in [1.29, 1.82) is 0 Å². The summed E-state index contributed by atoms with van der Waals surface area (Å²) in [5, 5.41) is -0.194. The molecule has 9 heteroatoms. The first-order valence-electron chi connectivity index (χ1n) is 9.87. The smallest absolute Gasteiger partial charge is 0.411 e. The summed E-state index contributed by atoms with van der Waals surface area (Å²) >= 11 is 0. The molecule has 0 spiro atoms. The molecular weight excluding hydrogens is 462 g/mol. The van der Waals surface area contributed by atoms with Crippen LogP contribution in [-0.2, 0) is 9.13 Å². The van der Waals surface area contributed by atoms with Crippen molar-refractivity contribution in [1.82, 2.24) is 0 Å². The summed E-state index contributed by atoms with van der Waals surface area (Å²) in [6.07, 6.45) is 0. The lowest BCUT2D eigenvalue weighted by Gasteiger charge is -2.19. The maximum atomic E-state index is 13.0. The van der Waals surface area contributed by atoms with Crippen molar-refractivity contribution in [2.45, 2.75) is 0 Å². The normalized spacial score (nSPS) is 14.5. The second-order valence-corrected chi connectivity index (χ2v) is 10.3. The zero-order valence-corrected chi connectivity index (χ0v) is 19.0. The van der Waals surface area contributed by atoms with Crippen LogP contribution in [0.4, 0.5) is 0 Å². The fourth-order valence-electron chi connectivity index (χ4n) is 3.02. The van der Waals surface area contributed by atoms with E-state index in [1.54, 1.807) is 84.9 Å². The van der Waals surface area contributed by atoms with Crippen LogP contribution >= 0.6 is 15.2 Å². The van der Waals surface area contributed by atoms with Crippen molar-refractivity contribution in [2.24, 2.45) is 0 Å². The average Bonchev–Trinajstić information content (AvgIpc) is 2.80. The molecular formula is C24H20O7P2. The molecule has 0 radical (unpaired) electrons. The SMILES string of the molecule is O=P(O)(Oc1ccccc1)c1ccccc1Oc1ccccc1P(=O)(O)Oc1ccccc1. The van der Waals surface area contributed by atoms with Gasteiger partial charge >= 0.3 is 15.2 Å². The van der Waals surface area contributed by atoms with Crippen molar-refractivity contribution in [2.75, 3.05) is 0 Å². The minimum Gasteiger partial charge on any atom is -0.455 e. The molecule has 0 bridgehead atoms. The molecule has 33 heavy (non-hydrogen) atoms. The summed E-state index contributed by atoms with van der Waals surface area (Å²) in [4.78, 5) is 21.3. The highest BCUT2D eigenvalue weighted by Crippen LogP contribution is 2.47. The van der Waals surface area contributed by atoms with Crippen molar-refractivity contribution >= 4 is 25.8 Å². The molecule has 0 aliphatic heterocycles. The molecule has 168 valence electrons. The molecule has 0 saturated carbocycles. The van der Waals surface area contributed by atoms with E-state index in [-0.39, 0.29) is 33.6 Å². The van der Waals surface area contributed by atoms with Gasteiger partial charge in [-0.2, -0.15) is 0 Å². The molecule has 0 saturated heterocycles. The summed E-state index contributed by atoms with van der Waals surface area (Å²) in [7, 11) is -8.68. The Morgan fingerprint density at radius 1 is 0.485 bits per heavy atom. The monoisotopic (exact) mass is 482 g/mol. The molecule has 2 atom stereocenters. The molecule has 0 heterocycles. The van der Waals surface area contributed by atoms with Gasteiger partial charge in [0, 0.05) is 0 Å². The van der Waals surface area contributed by atoms with E-state index in [1.807, 2.05) is 0 Å². The van der Waals surface area contributed by atoms with Gasteiger partial charge < -0.3 is 23.6 Å². The number of benzene rings is 4. The number of para-hydroxylation sites is 4. The summed E-state index contributed by atoms with van der Waals surface area (Å²) in [6, 6.07) is 28.6. The molecule has 0 amide bonds. The Balaban J connectivity index is 1.66. The summed E-state index contributed by atoms with van der Waals surface area (Å²) < 4.78 is 42.6. The summed E-state index contributed by atoms with van der Waals surface area (Å²) in [5.41, 5.74) is 0. The minimum atomic E-state index is -4.34. The molecule has 0 aliphatic carbocycles. The van der Waals surface area contributed by atoms with E-state index in [0.717, 1.165) is 0 Å². The van der Waals surface area contributed by atoms with Gasteiger partial charge in [0.05, 0.1) is 0 Å². The molecule has 0 fully saturated rings. The fourth-order valence-corrected chi connectivity index (χ4v) is 5.38. The summed E-state index contributed by atoms with van der Waals surface area (Å²) in [5.74, 6) is 0.446. The lowest BCUT2D eigenvalue weighted by Crippen LogP contribution is -2.15. The third kappa shape index (κ3) is 5.54. The lowest BCUT2D eigenvalue weighted by atomic mass is 10.3. The van der Waals surface area contributed by atoms with Crippen LogP contribution in [0.2, 0.25) is 0 Å². The van der Waals surface area contributed by atoms with E-state index in [0.29, 0.717) is 0 Å². The third-order valence-corrected chi connectivity index (χ3v) is 7.38. The highest BCUT2D eigenvalue weighted by atomic mass is 31.2. The van der Waals surface area contributed by atoms with Gasteiger partial charge in [-0.05, 0) is 48.5 Å². The van der Waals surface area contributed by atoms with E-state index < -0.39 is 15.2 Å². The zero-order chi connectivity index (χ0) is 23.3. The van der Waals surface area contributed by atoms with Crippen LogP contribution in [0.25, 0.3) is 0 Å². The van der Waals surface area contributed by atoms with Gasteiger partial charge in [-0.3, -0.25) is 0 Å². The topological polar surface area (TPSA) is 102 Å². The first kappa shape index (κ1) is 22.8. The standard InChI is InChI=1S/C24H20O7P2/c25-32(26,30-19-11-3-1-4-12-19)23-17-9-7-15-21(23)29-22-16-8-10-18-24(22)33(27,28)31-20-13-5-2-6-14-20/h1-18H,(H,25,26)(H,27,28). The highest BCUT2D eigenvalue weighted by Gasteiger charge is 2.32. The Morgan fingerprint density at radius 2 is 0.818 bits per heavy atom. The van der Waals surface area contributed by atoms with Crippen LogP contribution in [-0.4, -0.2) is 9.79 Å². The van der Waals surface area contributed by atoms with Crippen molar-refractivity contribution in [3.63, 3.8) is 0 Å². The first-order chi connectivity index (χ1) is 15.9. The molecule has 4 rings (SSSR count). The predicted molar refractivity (Wildman–Crippen MR) is 126 cm³/mol. The molecule has 4 aromatic rings. The van der Waals surface area contributed by atoms with Crippen molar-refractivity contribution in [3.05, 3.63) is 109 Å². The van der Waals surface area contributed by atoms with E-state index in [9.17, 15) is 18.9 Å². The Bertz CT molecular complexity index is 1220. The Hall–Kier alpha value is -3.34. The quantitative estimate of drug-likeness (QED) is 0.331. The van der Waals surface area contributed by atoms with Crippen LogP contribution < -0.4 is 24.4 Å². The van der Waals surface area contributed by atoms with Crippen LogP contribution in [0.3, 0.4) is 0 Å². The van der Waals surface area contributed by atoms with Gasteiger partial charge in [-0.1, -0.05) is 60.7 Å². The molecule has 4 aromatic carbocycles. The maximum Gasteiger partial charge on any atom is 0.411 e. The average molecular weight is 482 g/mol. The molecule has 0 aliphatic rings. The third-order valence-electron chi connectivity index (χ3n) is 4.50. The number of ether oxygens (including phenoxy) is 1. The first-order valence-corrected chi connectivity index (χ1v) is 13.0. The number of hydrogen-bond donors (Lipinski definition) is 2. The Kier molecular flexibility index (Phi) is 6.68. The van der Waals surface area contributed by atoms with E-state index in [1.165, 1.54) is 24.3 Å². The van der Waals surface area contributed by atoms with Crippen LogP contribution in [0, 0.1) is 0 Å². The zero-order valence-electron chi connectivity index (χ0n) is 17.2. The van der Waals surface area contributed by atoms with Crippen LogP contribution in [0.1, 0.15) is 0 Å². The molecule has 0 aromatic heterocycles. The number of hydrogen-bond acceptors (Lipinski definition) is 5. The lowest BCUT2D eigenvalue weighted by molar-refractivity contribution is 0.390. The van der Waals surface area contributed by atoms with E-state index >= 15 is 0 Å². The maximum absolute atomic E-state index is 13.0. The van der Waals surface area contributed by atoms with Gasteiger partial charge in [-0.25, -0.2) is 9.13 Å². The predicted octanol–water partition coefficient (Wildman–Crippen LogP) is 5.26. The Morgan fingerprint density at radius 3 is 1.21 bits per heavy atom. The largest absolute Gasteiger partial charge is 0.455 e. The van der Waals surface area contributed by atoms with Crippen molar-refractivity contribution < 1.29 is 32.7 Å². The van der Waals surface area contributed by atoms with Gasteiger partial charge in [0.2, 0.25) is 0 Å². The van der Waals surface area contributed by atoms with Gasteiger partial charge in [0.25, 0.3) is 0 Å². The number of rotatable bonds is 8. The second-order valence-electron chi connectivity index (χ2n) is 6.89. The van der Waals surface area contributed by atoms with Crippen LogP contribution in [0.5, 0.6) is 23.0 Å². The minimum absolute atomic E-state index is 0.00595. The molecule has 7 nitrogen and oxygen atoms in total. The van der Waals surface area contributed by atoms with Gasteiger partial charge in [0.1, 0.15) is 33.6 Å². The Labute approximate surface area is 190 Å². The van der Waals surface area contributed by atoms with Gasteiger partial charge in [0.15, 0.2) is 0 Å². The molecule has 2 unspecified atom stereocenters. The summed E-state index contributed by atoms with van der Waals surface area (Å²) in [6.45, 7) is 0. The second kappa shape index (κ2) is 9.65. The van der Waals surface area contributed by atoms with Crippen LogP contribution in [0.15, 0.2) is 109 Å². The van der Waals surface area contributed by atoms with E-state index in [4.69, 9.17) is 13.8 Å². The van der Waals surface area contributed by atoms with Gasteiger partial charge in [-0.15, -0.1) is 0 Å². The highest BCUT2D eigenvalue weighted by molar-refractivity contribution is 7.62. The fraction of sp³-hybridized carbons (Fsp3) is 0. The van der Waals surface area contributed by atoms with E-state index in [2.05, 4.69) is 0 Å². The van der Waals surface area contributed by atoms with Crippen molar-refractivity contribution in [3.8, 4) is 23.0 Å². The molecule has 2 N–H and O–H groups in total.